The Bertz CT molecular complexity index is 187. The van der Waals surface area contributed by atoms with Crippen LogP contribution in [-0.2, 0) is 12.8 Å². The molecule has 1 aromatic rings. The van der Waals surface area contributed by atoms with Gasteiger partial charge in [-0.3, -0.25) is 5.10 Å². The molecule has 1 aromatic heterocycles. The summed E-state index contributed by atoms with van der Waals surface area (Å²) >= 11 is 0. The SMILES string of the molecule is CCCc1[nH]npc1CCC. The largest absolute Gasteiger partial charge is 0.278 e. The van der Waals surface area contributed by atoms with Gasteiger partial charge in [0.05, 0.1) is 8.35 Å². The van der Waals surface area contributed by atoms with Crippen molar-refractivity contribution in [2.75, 3.05) is 0 Å². The highest BCUT2D eigenvalue weighted by Crippen LogP contribution is 2.18. The lowest BCUT2D eigenvalue weighted by molar-refractivity contribution is 0.836. The first kappa shape index (κ1) is 8.73. The minimum atomic E-state index is 1.15. The maximum Gasteiger partial charge on any atom is 0.0660 e. The third-order valence-electron chi connectivity index (χ3n) is 1.69. The highest BCUT2D eigenvalue weighted by Gasteiger charge is 2.02. The molecule has 0 aliphatic heterocycles. The minimum Gasteiger partial charge on any atom is -0.278 e. The Hall–Kier alpha value is -0.360. The van der Waals surface area contributed by atoms with E-state index in [0.717, 1.165) is 14.8 Å². The van der Waals surface area contributed by atoms with Crippen molar-refractivity contribution in [3.63, 3.8) is 0 Å². The number of nitrogens with one attached hydrogen (secondary N) is 1. The predicted octanol–water partition coefficient (Wildman–Crippen LogP) is 2.89. The van der Waals surface area contributed by atoms with Crippen LogP contribution in [0.1, 0.15) is 37.7 Å². The van der Waals surface area contributed by atoms with E-state index < -0.39 is 0 Å². The topological polar surface area (TPSA) is 28.7 Å². The lowest BCUT2D eigenvalue weighted by Gasteiger charge is -1.96. The molecule has 0 fully saturated rings. The third-order valence-corrected chi connectivity index (χ3v) is 2.63. The van der Waals surface area contributed by atoms with Crippen molar-refractivity contribution in [3.05, 3.63) is 11.0 Å². The Kier molecular flexibility index (Phi) is 3.58. The van der Waals surface area contributed by atoms with Crippen LogP contribution in [0.2, 0.25) is 0 Å². The van der Waals surface area contributed by atoms with Crippen molar-refractivity contribution in [2.45, 2.75) is 39.5 Å². The number of aromatic nitrogens is 2. The van der Waals surface area contributed by atoms with Gasteiger partial charge in [0.1, 0.15) is 0 Å². The Morgan fingerprint density at radius 3 is 2.64 bits per heavy atom. The average molecular weight is 170 g/mol. The number of hydrogen-bond donors (Lipinski definition) is 1. The molecule has 0 bridgehead atoms. The van der Waals surface area contributed by atoms with E-state index in [1.165, 1.54) is 30.3 Å². The summed E-state index contributed by atoms with van der Waals surface area (Å²) in [6.07, 6.45) is 4.80. The zero-order chi connectivity index (χ0) is 8.10. The van der Waals surface area contributed by atoms with E-state index in [4.69, 9.17) is 0 Å². The van der Waals surface area contributed by atoms with Crippen molar-refractivity contribution in [1.82, 2.24) is 9.96 Å². The summed E-state index contributed by atoms with van der Waals surface area (Å²) in [4.78, 5) is 4.13. The van der Waals surface area contributed by atoms with Crippen LogP contribution in [0, 0.1) is 0 Å². The fourth-order valence-electron chi connectivity index (χ4n) is 1.16. The van der Waals surface area contributed by atoms with Crippen LogP contribution >= 0.6 is 8.35 Å². The van der Waals surface area contributed by atoms with E-state index in [1.54, 1.807) is 0 Å². The molecule has 11 heavy (non-hydrogen) atoms. The van der Waals surface area contributed by atoms with E-state index in [0.29, 0.717) is 0 Å². The third kappa shape index (κ3) is 2.30. The highest BCUT2D eigenvalue weighted by molar-refractivity contribution is 7.26. The molecule has 1 N–H and O–H groups in total. The smallest absolute Gasteiger partial charge is 0.0660 e. The quantitative estimate of drug-likeness (QED) is 0.739. The maximum atomic E-state index is 4.13. The molecule has 1 heterocycles. The molecular weight excluding hydrogens is 155 g/mol. The summed E-state index contributed by atoms with van der Waals surface area (Å²) in [6, 6.07) is 0. The zero-order valence-corrected chi connectivity index (χ0v) is 8.12. The fraction of sp³-hybridized carbons (Fsp3) is 0.750. The first-order chi connectivity index (χ1) is 5.38. The second-order valence-corrected chi connectivity index (χ2v) is 3.68. The Morgan fingerprint density at radius 1 is 1.27 bits per heavy atom. The summed E-state index contributed by atoms with van der Waals surface area (Å²) in [5.74, 6) is 0. The van der Waals surface area contributed by atoms with Gasteiger partial charge in [-0.25, -0.2) is 0 Å². The first-order valence-corrected chi connectivity index (χ1v) is 5.12. The molecule has 0 unspecified atom stereocenters. The van der Waals surface area contributed by atoms with Crippen molar-refractivity contribution >= 4 is 8.35 Å². The van der Waals surface area contributed by atoms with Crippen molar-refractivity contribution in [3.8, 4) is 0 Å². The molecule has 0 aliphatic carbocycles. The molecule has 0 saturated carbocycles. The van der Waals surface area contributed by atoms with Gasteiger partial charge in [0, 0.05) is 11.0 Å². The van der Waals surface area contributed by atoms with Gasteiger partial charge in [-0.1, -0.05) is 26.7 Å². The molecular formula is C8H15N2P. The normalized spacial score (nSPS) is 11.1. The van der Waals surface area contributed by atoms with Crippen LogP contribution in [0.15, 0.2) is 0 Å². The number of H-pyrrole nitrogens is 1. The van der Waals surface area contributed by atoms with E-state index in [-0.39, 0.29) is 0 Å². The highest BCUT2D eigenvalue weighted by atomic mass is 31.0. The second-order valence-electron chi connectivity index (χ2n) is 2.74. The monoisotopic (exact) mass is 170 g/mol. The molecule has 3 heteroatoms. The van der Waals surface area contributed by atoms with Crippen LogP contribution in [0.4, 0.5) is 0 Å². The molecule has 0 atom stereocenters. The van der Waals surface area contributed by atoms with Crippen LogP contribution in [-0.4, -0.2) is 9.96 Å². The lowest BCUT2D eigenvalue weighted by Crippen LogP contribution is -1.89. The van der Waals surface area contributed by atoms with E-state index >= 15 is 0 Å². The van der Waals surface area contributed by atoms with Crippen LogP contribution in [0.5, 0.6) is 0 Å². The molecule has 2 nitrogen and oxygen atoms in total. The van der Waals surface area contributed by atoms with E-state index in [9.17, 15) is 0 Å². The summed E-state index contributed by atoms with van der Waals surface area (Å²) in [5.41, 5.74) is 1.37. The molecule has 0 radical (unpaired) electrons. The van der Waals surface area contributed by atoms with Gasteiger partial charge in [-0.15, -0.1) is 0 Å². The van der Waals surface area contributed by atoms with Gasteiger partial charge < -0.3 is 0 Å². The number of nitrogens with zero attached hydrogens (tertiary/aromatic N) is 1. The predicted molar refractivity (Wildman–Crippen MR) is 49.1 cm³/mol. The number of hydrogen-bond acceptors (Lipinski definition) is 1. The van der Waals surface area contributed by atoms with Crippen LogP contribution in [0.25, 0.3) is 0 Å². The van der Waals surface area contributed by atoms with Gasteiger partial charge >= 0.3 is 0 Å². The van der Waals surface area contributed by atoms with Crippen molar-refractivity contribution in [2.24, 2.45) is 0 Å². The van der Waals surface area contributed by atoms with E-state index in [2.05, 4.69) is 23.8 Å². The molecule has 0 amide bonds. The number of rotatable bonds is 4. The van der Waals surface area contributed by atoms with Gasteiger partial charge in [0.2, 0.25) is 0 Å². The first-order valence-electron chi connectivity index (χ1n) is 4.27. The average Bonchev–Trinajstić information content (AvgIpc) is 2.39. The van der Waals surface area contributed by atoms with E-state index in [1.807, 2.05) is 0 Å². The summed E-state index contributed by atoms with van der Waals surface area (Å²) in [7, 11) is 1.15. The fourth-order valence-corrected chi connectivity index (χ4v) is 2.06. The van der Waals surface area contributed by atoms with Gasteiger partial charge in [-0.2, -0.15) is 4.86 Å². The Labute approximate surface area is 69.6 Å². The molecule has 62 valence electrons. The summed E-state index contributed by atoms with van der Waals surface area (Å²) in [5, 5.41) is 4.58. The lowest BCUT2D eigenvalue weighted by atomic mass is 10.2. The zero-order valence-electron chi connectivity index (χ0n) is 7.22. The number of aromatic amines is 1. The van der Waals surface area contributed by atoms with Crippen molar-refractivity contribution in [1.29, 1.82) is 0 Å². The van der Waals surface area contributed by atoms with Gasteiger partial charge in [0.25, 0.3) is 0 Å². The second kappa shape index (κ2) is 4.50. The van der Waals surface area contributed by atoms with Crippen molar-refractivity contribution < 1.29 is 0 Å². The molecule has 1 rings (SSSR count). The van der Waals surface area contributed by atoms with Gasteiger partial charge in [0.15, 0.2) is 0 Å². The molecule has 0 aliphatic rings. The molecule has 0 spiro atoms. The molecule has 0 saturated heterocycles. The molecule has 0 aromatic carbocycles. The Balaban J connectivity index is 2.62. The van der Waals surface area contributed by atoms with Gasteiger partial charge in [-0.05, 0) is 12.8 Å². The summed E-state index contributed by atoms with van der Waals surface area (Å²) < 4.78 is 0. The number of aryl methyl sites for hydroxylation is 2. The maximum absolute atomic E-state index is 4.13. The standard InChI is InChI=1S/C8H15N2P/c1-3-5-7-8(6-4-2)11-10-9-7/h3-6H2,1-2H3,(H,9,10). The summed E-state index contributed by atoms with van der Waals surface area (Å²) in [6.45, 7) is 4.41. The minimum absolute atomic E-state index is 1.15. The Morgan fingerprint density at radius 2 is 2.00 bits per heavy atom. The van der Waals surface area contributed by atoms with Crippen LogP contribution in [0.3, 0.4) is 0 Å². The van der Waals surface area contributed by atoms with Crippen LogP contribution < -0.4 is 0 Å².